The molecule has 0 aromatic heterocycles. The van der Waals surface area contributed by atoms with E-state index in [1.54, 1.807) is 0 Å². The number of carbonyl (C=O) groups excluding carboxylic acids is 1. The predicted molar refractivity (Wildman–Crippen MR) is 62.3 cm³/mol. The van der Waals surface area contributed by atoms with Crippen LogP contribution in [0.4, 0.5) is 0 Å². The molecule has 2 heteroatoms. The molecular formula is C13H22O2. The summed E-state index contributed by atoms with van der Waals surface area (Å²) in [5.41, 5.74) is -0.381. The average Bonchev–Trinajstić information content (AvgIpc) is 2.14. The molecule has 0 spiro atoms. The molecule has 0 N–H and O–H groups in total. The fourth-order valence-electron chi connectivity index (χ4n) is 0.999. The summed E-state index contributed by atoms with van der Waals surface area (Å²) in [6.45, 7) is 7.99. The van der Waals surface area contributed by atoms with E-state index < -0.39 is 0 Å². The number of rotatable bonds is 5. The molecule has 0 amide bonds. The Kier molecular flexibility index (Phi) is 6.86. The fourth-order valence-corrected chi connectivity index (χ4v) is 0.999. The van der Waals surface area contributed by atoms with Gasteiger partial charge in [0.25, 0.3) is 0 Å². The van der Waals surface area contributed by atoms with Crippen molar-refractivity contribution < 1.29 is 9.53 Å². The van der Waals surface area contributed by atoms with Crippen molar-refractivity contribution in [2.24, 2.45) is 5.41 Å². The summed E-state index contributed by atoms with van der Waals surface area (Å²) in [4.78, 5) is 11.4. The molecule has 15 heavy (non-hydrogen) atoms. The summed E-state index contributed by atoms with van der Waals surface area (Å²) in [7, 11) is 0. The van der Waals surface area contributed by atoms with Crippen LogP contribution in [0.25, 0.3) is 0 Å². The van der Waals surface area contributed by atoms with Gasteiger partial charge in [-0.15, -0.1) is 11.8 Å². The van der Waals surface area contributed by atoms with Crippen LogP contribution in [0.2, 0.25) is 0 Å². The zero-order valence-corrected chi connectivity index (χ0v) is 10.4. The molecule has 0 bridgehead atoms. The predicted octanol–water partition coefficient (Wildman–Crippen LogP) is 3.16. The number of hydrogen-bond donors (Lipinski definition) is 0. The summed E-state index contributed by atoms with van der Waals surface area (Å²) < 4.78 is 5.14. The van der Waals surface area contributed by atoms with Gasteiger partial charge >= 0.3 is 5.97 Å². The third kappa shape index (κ3) is 8.05. The van der Waals surface area contributed by atoms with Gasteiger partial charge in [-0.1, -0.05) is 0 Å². The quantitative estimate of drug-likeness (QED) is 0.396. The highest BCUT2D eigenvalue weighted by atomic mass is 16.5. The zero-order chi connectivity index (χ0) is 11.7. The van der Waals surface area contributed by atoms with Crippen molar-refractivity contribution in [1.29, 1.82) is 0 Å². The number of unbranched alkanes of at least 4 members (excludes halogenated alkanes) is 3. The molecule has 0 aromatic rings. The Bertz CT molecular complexity index is 237. The van der Waals surface area contributed by atoms with Crippen LogP contribution in [-0.2, 0) is 9.53 Å². The van der Waals surface area contributed by atoms with Crippen molar-refractivity contribution in [3.63, 3.8) is 0 Å². The SMILES string of the molecule is CC#CCCCCCOC(=O)C(C)(C)C. The molecule has 0 rings (SSSR count). The molecule has 0 fully saturated rings. The number of ether oxygens (including phenoxy) is 1. The maximum Gasteiger partial charge on any atom is 0.311 e. The summed E-state index contributed by atoms with van der Waals surface area (Å²) in [5.74, 6) is 5.76. The lowest BCUT2D eigenvalue weighted by Crippen LogP contribution is -2.23. The highest BCUT2D eigenvalue weighted by Gasteiger charge is 2.22. The van der Waals surface area contributed by atoms with Crippen LogP contribution in [0, 0.1) is 17.3 Å². The van der Waals surface area contributed by atoms with Gasteiger partial charge in [0, 0.05) is 6.42 Å². The van der Waals surface area contributed by atoms with Crippen molar-refractivity contribution in [2.75, 3.05) is 6.61 Å². The highest BCUT2D eigenvalue weighted by molar-refractivity contribution is 5.75. The lowest BCUT2D eigenvalue weighted by atomic mass is 9.97. The van der Waals surface area contributed by atoms with Crippen LogP contribution in [0.15, 0.2) is 0 Å². The molecule has 86 valence electrons. The van der Waals surface area contributed by atoms with E-state index in [1.807, 2.05) is 27.7 Å². The van der Waals surface area contributed by atoms with E-state index in [0.29, 0.717) is 6.61 Å². The second-order valence-corrected chi connectivity index (χ2v) is 4.62. The molecule has 0 aliphatic carbocycles. The van der Waals surface area contributed by atoms with Gasteiger partial charge in [-0.3, -0.25) is 4.79 Å². The molecular weight excluding hydrogens is 188 g/mol. The van der Waals surface area contributed by atoms with Gasteiger partial charge in [-0.25, -0.2) is 0 Å². The Hall–Kier alpha value is -0.970. The van der Waals surface area contributed by atoms with E-state index in [-0.39, 0.29) is 11.4 Å². The first kappa shape index (κ1) is 14.0. The molecule has 0 radical (unpaired) electrons. The smallest absolute Gasteiger partial charge is 0.311 e. The van der Waals surface area contributed by atoms with Gasteiger partial charge in [0.05, 0.1) is 12.0 Å². The highest BCUT2D eigenvalue weighted by Crippen LogP contribution is 2.15. The molecule has 0 heterocycles. The van der Waals surface area contributed by atoms with Gasteiger partial charge < -0.3 is 4.74 Å². The van der Waals surface area contributed by atoms with E-state index >= 15 is 0 Å². The molecule has 0 atom stereocenters. The second-order valence-electron chi connectivity index (χ2n) is 4.62. The van der Waals surface area contributed by atoms with Crippen LogP contribution in [-0.4, -0.2) is 12.6 Å². The number of hydrogen-bond acceptors (Lipinski definition) is 2. The third-order valence-electron chi connectivity index (χ3n) is 1.97. The van der Waals surface area contributed by atoms with Crippen molar-refractivity contribution >= 4 is 5.97 Å². The second kappa shape index (κ2) is 7.34. The van der Waals surface area contributed by atoms with Gasteiger partial charge in [0.2, 0.25) is 0 Å². The van der Waals surface area contributed by atoms with Crippen LogP contribution in [0.5, 0.6) is 0 Å². The van der Waals surface area contributed by atoms with Gasteiger partial charge in [0.1, 0.15) is 0 Å². The normalized spacial score (nSPS) is 10.4. The van der Waals surface area contributed by atoms with E-state index in [9.17, 15) is 4.79 Å². The maximum absolute atomic E-state index is 11.4. The van der Waals surface area contributed by atoms with E-state index in [2.05, 4.69) is 11.8 Å². The molecule has 2 nitrogen and oxygen atoms in total. The van der Waals surface area contributed by atoms with Gasteiger partial charge in [0.15, 0.2) is 0 Å². The third-order valence-corrected chi connectivity index (χ3v) is 1.97. The van der Waals surface area contributed by atoms with Crippen molar-refractivity contribution in [1.82, 2.24) is 0 Å². The van der Waals surface area contributed by atoms with Gasteiger partial charge in [-0.2, -0.15) is 0 Å². The number of carbonyl (C=O) groups is 1. The topological polar surface area (TPSA) is 26.3 Å². The minimum absolute atomic E-state index is 0.115. The summed E-state index contributed by atoms with van der Waals surface area (Å²) in [5, 5.41) is 0. The van der Waals surface area contributed by atoms with Crippen molar-refractivity contribution in [2.45, 2.75) is 53.4 Å². The first-order chi connectivity index (χ1) is 6.98. The zero-order valence-electron chi connectivity index (χ0n) is 10.4. The largest absolute Gasteiger partial charge is 0.465 e. The number of esters is 1. The summed E-state index contributed by atoms with van der Waals surface area (Å²) >= 11 is 0. The Morgan fingerprint density at radius 2 is 1.87 bits per heavy atom. The molecule has 0 saturated heterocycles. The first-order valence-electron chi connectivity index (χ1n) is 5.55. The molecule has 0 aliphatic heterocycles. The van der Waals surface area contributed by atoms with Crippen LogP contribution < -0.4 is 0 Å². The molecule has 0 aromatic carbocycles. The standard InChI is InChI=1S/C13H22O2/c1-5-6-7-8-9-10-11-15-12(14)13(2,3)4/h7-11H2,1-4H3. The van der Waals surface area contributed by atoms with E-state index in [4.69, 9.17) is 4.74 Å². The van der Waals surface area contributed by atoms with E-state index in [0.717, 1.165) is 25.7 Å². The molecule has 0 unspecified atom stereocenters. The van der Waals surface area contributed by atoms with E-state index in [1.165, 1.54) is 0 Å². The monoisotopic (exact) mass is 210 g/mol. The van der Waals surface area contributed by atoms with Crippen LogP contribution >= 0.6 is 0 Å². The first-order valence-corrected chi connectivity index (χ1v) is 5.55. The Balaban J connectivity index is 3.38. The minimum atomic E-state index is -0.381. The lowest BCUT2D eigenvalue weighted by molar-refractivity contribution is -0.153. The van der Waals surface area contributed by atoms with Crippen molar-refractivity contribution in [3.05, 3.63) is 0 Å². The van der Waals surface area contributed by atoms with Gasteiger partial charge in [-0.05, 0) is 47.0 Å². The summed E-state index contributed by atoms with van der Waals surface area (Å²) in [6, 6.07) is 0. The molecule has 0 aliphatic rings. The maximum atomic E-state index is 11.4. The fraction of sp³-hybridized carbons (Fsp3) is 0.769. The Morgan fingerprint density at radius 3 is 2.40 bits per heavy atom. The minimum Gasteiger partial charge on any atom is -0.465 e. The lowest BCUT2D eigenvalue weighted by Gasteiger charge is -2.16. The molecule has 0 saturated carbocycles. The van der Waals surface area contributed by atoms with Crippen LogP contribution in [0.1, 0.15) is 53.4 Å². The van der Waals surface area contributed by atoms with Crippen LogP contribution in [0.3, 0.4) is 0 Å². The average molecular weight is 210 g/mol. The summed E-state index contributed by atoms with van der Waals surface area (Å²) in [6.07, 6.45) is 4.05. The Morgan fingerprint density at radius 1 is 1.20 bits per heavy atom. The Labute approximate surface area is 93.4 Å². The van der Waals surface area contributed by atoms with Crippen molar-refractivity contribution in [3.8, 4) is 11.8 Å².